The number of aromatic hydroxyl groups is 1. The Kier molecular flexibility index (Phi) is 4.42. The lowest BCUT2D eigenvalue weighted by atomic mass is 10.00. The van der Waals surface area contributed by atoms with E-state index in [9.17, 15) is 14.7 Å². The van der Waals surface area contributed by atoms with Gasteiger partial charge in [0.05, 0.1) is 18.9 Å². The van der Waals surface area contributed by atoms with Crippen LogP contribution in [0.4, 0.5) is 0 Å². The van der Waals surface area contributed by atoms with E-state index in [4.69, 9.17) is 4.74 Å². The maximum atomic E-state index is 12.2. The smallest absolute Gasteiger partial charge is 0.331 e. The highest BCUT2D eigenvalue weighted by atomic mass is 16.5. The number of aromatic amines is 1. The SMILES string of the molecule is C=CCn1c(O)c(C2=NN[C@H](c3ccc(OC)cc3)C2)c(=O)[nH]c1=O. The maximum Gasteiger partial charge on any atom is 0.331 e. The number of allylic oxidation sites excluding steroid dienone is 1. The average molecular weight is 342 g/mol. The Morgan fingerprint density at radius 1 is 1.40 bits per heavy atom. The number of rotatable bonds is 5. The van der Waals surface area contributed by atoms with Gasteiger partial charge in [0.1, 0.15) is 11.3 Å². The van der Waals surface area contributed by atoms with E-state index in [1.807, 2.05) is 24.3 Å². The van der Waals surface area contributed by atoms with E-state index >= 15 is 0 Å². The molecule has 0 unspecified atom stereocenters. The third-order valence-electron chi connectivity index (χ3n) is 4.04. The van der Waals surface area contributed by atoms with Crippen LogP contribution in [0, 0.1) is 0 Å². The zero-order valence-corrected chi connectivity index (χ0v) is 13.7. The minimum absolute atomic E-state index is 0.00929. The van der Waals surface area contributed by atoms with Gasteiger partial charge in [-0.15, -0.1) is 6.58 Å². The second kappa shape index (κ2) is 6.68. The monoisotopic (exact) mass is 342 g/mol. The van der Waals surface area contributed by atoms with E-state index in [1.165, 1.54) is 6.08 Å². The van der Waals surface area contributed by atoms with E-state index in [1.54, 1.807) is 7.11 Å². The molecule has 0 aliphatic carbocycles. The highest BCUT2D eigenvalue weighted by Gasteiger charge is 2.27. The first-order chi connectivity index (χ1) is 12.0. The van der Waals surface area contributed by atoms with Crippen LogP contribution in [0.25, 0.3) is 0 Å². The van der Waals surface area contributed by atoms with Crippen LogP contribution in [0.5, 0.6) is 11.6 Å². The standard InChI is InChI=1S/C17H18N4O4/c1-3-8-21-16(23)14(15(22)18-17(21)24)13-9-12(19-20-13)10-4-6-11(25-2)7-5-10/h3-7,12,19,23H,1,8-9H2,2H3,(H,18,22,24)/t12-/m0/s1. The van der Waals surface area contributed by atoms with Crippen molar-refractivity contribution < 1.29 is 9.84 Å². The first-order valence-electron chi connectivity index (χ1n) is 7.68. The first-order valence-corrected chi connectivity index (χ1v) is 7.68. The van der Waals surface area contributed by atoms with Gasteiger partial charge in [-0.3, -0.25) is 14.3 Å². The number of methoxy groups -OCH3 is 1. The van der Waals surface area contributed by atoms with Crippen molar-refractivity contribution in [3.05, 3.63) is 68.9 Å². The Labute approximate surface area is 143 Å². The van der Waals surface area contributed by atoms with Crippen molar-refractivity contribution in [1.82, 2.24) is 15.0 Å². The second-order valence-corrected chi connectivity index (χ2v) is 5.57. The summed E-state index contributed by atoms with van der Waals surface area (Å²) in [6.45, 7) is 3.62. The van der Waals surface area contributed by atoms with Crippen molar-refractivity contribution in [3.63, 3.8) is 0 Å². The van der Waals surface area contributed by atoms with Gasteiger partial charge >= 0.3 is 5.69 Å². The molecule has 2 heterocycles. The number of nitrogens with zero attached hydrogens (tertiary/aromatic N) is 2. The lowest BCUT2D eigenvalue weighted by Crippen LogP contribution is -2.33. The van der Waals surface area contributed by atoms with Gasteiger partial charge in [-0.25, -0.2) is 4.79 Å². The number of H-pyrrole nitrogens is 1. The van der Waals surface area contributed by atoms with Crippen molar-refractivity contribution >= 4 is 5.71 Å². The summed E-state index contributed by atoms with van der Waals surface area (Å²) in [5.74, 6) is 0.332. The van der Waals surface area contributed by atoms with Gasteiger partial charge in [-0.1, -0.05) is 18.2 Å². The Bertz CT molecular complexity index is 941. The van der Waals surface area contributed by atoms with Gasteiger partial charge in [0, 0.05) is 13.0 Å². The van der Waals surface area contributed by atoms with Gasteiger partial charge in [0.2, 0.25) is 5.88 Å². The van der Waals surface area contributed by atoms with E-state index in [0.717, 1.165) is 15.9 Å². The van der Waals surface area contributed by atoms with Gasteiger partial charge in [0.25, 0.3) is 5.56 Å². The summed E-state index contributed by atoms with van der Waals surface area (Å²) in [6.07, 6.45) is 1.85. The molecule has 0 bridgehead atoms. The van der Waals surface area contributed by atoms with Gasteiger partial charge in [-0.05, 0) is 17.7 Å². The third-order valence-corrected chi connectivity index (χ3v) is 4.04. The fourth-order valence-corrected chi connectivity index (χ4v) is 2.75. The van der Waals surface area contributed by atoms with E-state index < -0.39 is 17.1 Å². The summed E-state index contributed by atoms with van der Waals surface area (Å²) in [4.78, 5) is 26.1. The van der Waals surface area contributed by atoms with Crippen LogP contribution in [0.3, 0.4) is 0 Å². The molecule has 0 saturated carbocycles. The predicted molar refractivity (Wildman–Crippen MR) is 93.2 cm³/mol. The topological polar surface area (TPSA) is 109 Å². The minimum Gasteiger partial charge on any atom is -0.497 e. The Morgan fingerprint density at radius 3 is 2.76 bits per heavy atom. The molecule has 0 amide bonds. The van der Waals surface area contributed by atoms with Crippen molar-refractivity contribution in [1.29, 1.82) is 0 Å². The molecule has 1 aliphatic heterocycles. The molecule has 8 heteroatoms. The van der Waals surface area contributed by atoms with Crippen LogP contribution in [0.15, 0.2) is 51.6 Å². The fraction of sp³-hybridized carbons (Fsp3) is 0.235. The number of hydrazone groups is 1. The minimum atomic E-state index is -0.690. The molecular formula is C17H18N4O4. The number of benzene rings is 1. The molecule has 1 aliphatic rings. The lowest BCUT2D eigenvalue weighted by Gasteiger charge is -2.11. The van der Waals surface area contributed by atoms with E-state index in [-0.39, 0.29) is 18.2 Å². The molecule has 1 aromatic carbocycles. The molecule has 0 radical (unpaired) electrons. The molecule has 25 heavy (non-hydrogen) atoms. The zero-order valence-electron chi connectivity index (χ0n) is 13.7. The summed E-state index contributed by atoms with van der Waals surface area (Å²) in [7, 11) is 1.59. The normalized spacial score (nSPS) is 16.2. The third kappa shape index (κ3) is 3.06. The van der Waals surface area contributed by atoms with Crippen molar-refractivity contribution in [2.75, 3.05) is 7.11 Å². The van der Waals surface area contributed by atoms with Crippen molar-refractivity contribution in [3.8, 4) is 11.6 Å². The maximum absolute atomic E-state index is 12.2. The molecule has 1 aromatic heterocycles. The quantitative estimate of drug-likeness (QED) is 0.699. The lowest BCUT2D eigenvalue weighted by molar-refractivity contribution is 0.409. The largest absolute Gasteiger partial charge is 0.497 e. The predicted octanol–water partition coefficient (Wildman–Crippen LogP) is 0.875. The zero-order chi connectivity index (χ0) is 18.0. The molecule has 2 aromatic rings. The number of nitrogens with one attached hydrogen (secondary N) is 2. The molecule has 0 spiro atoms. The summed E-state index contributed by atoms with van der Waals surface area (Å²) in [5.41, 5.74) is 2.94. The number of ether oxygens (including phenoxy) is 1. The highest BCUT2D eigenvalue weighted by Crippen LogP contribution is 2.27. The van der Waals surface area contributed by atoms with Crippen molar-refractivity contribution in [2.45, 2.75) is 19.0 Å². The Hall–Kier alpha value is -3.29. The van der Waals surface area contributed by atoms with Crippen LogP contribution < -0.4 is 21.4 Å². The summed E-state index contributed by atoms with van der Waals surface area (Å²) in [6, 6.07) is 7.34. The Morgan fingerprint density at radius 2 is 2.12 bits per heavy atom. The fourth-order valence-electron chi connectivity index (χ4n) is 2.75. The summed E-state index contributed by atoms with van der Waals surface area (Å²) in [5, 5.41) is 14.5. The molecule has 0 fully saturated rings. The molecular weight excluding hydrogens is 324 g/mol. The van der Waals surface area contributed by atoms with Crippen LogP contribution >= 0.6 is 0 Å². The van der Waals surface area contributed by atoms with Crippen LogP contribution in [0.1, 0.15) is 23.6 Å². The van der Waals surface area contributed by atoms with Crippen LogP contribution in [0.2, 0.25) is 0 Å². The molecule has 1 atom stereocenters. The molecule has 3 N–H and O–H groups in total. The number of hydrogen-bond acceptors (Lipinski definition) is 6. The average Bonchev–Trinajstić information content (AvgIpc) is 3.08. The molecule has 0 saturated heterocycles. The molecule has 8 nitrogen and oxygen atoms in total. The van der Waals surface area contributed by atoms with Crippen molar-refractivity contribution in [2.24, 2.45) is 5.10 Å². The first kappa shape index (κ1) is 16.6. The molecule has 130 valence electrons. The Balaban J connectivity index is 1.91. The molecule has 3 rings (SSSR count). The highest BCUT2D eigenvalue weighted by molar-refractivity contribution is 6.03. The second-order valence-electron chi connectivity index (χ2n) is 5.57. The summed E-state index contributed by atoms with van der Waals surface area (Å²) < 4.78 is 6.17. The van der Waals surface area contributed by atoms with Gasteiger partial charge < -0.3 is 15.3 Å². The summed E-state index contributed by atoms with van der Waals surface area (Å²) >= 11 is 0. The van der Waals surface area contributed by atoms with Gasteiger partial charge in [-0.2, -0.15) is 5.10 Å². The van der Waals surface area contributed by atoms with Crippen LogP contribution in [-0.4, -0.2) is 27.5 Å². The number of hydrogen-bond donors (Lipinski definition) is 3. The van der Waals surface area contributed by atoms with Gasteiger partial charge in [0.15, 0.2) is 0 Å². The van der Waals surface area contributed by atoms with E-state index in [2.05, 4.69) is 22.1 Å². The van der Waals surface area contributed by atoms with Crippen LogP contribution in [-0.2, 0) is 6.54 Å². The number of aromatic nitrogens is 2. The van der Waals surface area contributed by atoms with E-state index in [0.29, 0.717) is 12.1 Å².